The Morgan fingerprint density at radius 2 is 2.08 bits per heavy atom. The van der Waals surface area contributed by atoms with Crippen molar-refractivity contribution in [3.05, 3.63) is 44.9 Å². The van der Waals surface area contributed by atoms with Gasteiger partial charge < -0.3 is 9.30 Å². The number of unbranched alkanes of at least 4 members (excludes halogenated alkanes) is 3. The second-order valence-electron chi connectivity index (χ2n) is 6.30. The quantitative estimate of drug-likeness (QED) is 0.366. The molecule has 4 nitrogen and oxygen atoms in total. The van der Waals surface area contributed by atoms with E-state index in [-0.39, 0.29) is 17.7 Å². The van der Waals surface area contributed by atoms with E-state index in [1.165, 1.54) is 17.8 Å². The molecule has 1 unspecified atom stereocenters. The Labute approximate surface area is 156 Å². The van der Waals surface area contributed by atoms with Crippen LogP contribution in [-0.2, 0) is 16.1 Å². The molecule has 0 aromatic carbocycles. The van der Waals surface area contributed by atoms with Crippen LogP contribution < -0.4 is 0 Å². The largest absolute Gasteiger partial charge is 0.465 e. The third-order valence-corrected chi connectivity index (χ3v) is 5.80. The Kier molecular flexibility index (Phi) is 5.97. The van der Waals surface area contributed by atoms with Crippen molar-refractivity contribution >= 4 is 34.7 Å². The van der Waals surface area contributed by atoms with Crippen molar-refractivity contribution in [3.63, 3.8) is 0 Å². The molecular weight excluding hydrogens is 358 g/mol. The molecule has 0 amide bonds. The summed E-state index contributed by atoms with van der Waals surface area (Å²) in [5, 5.41) is 0. The van der Waals surface area contributed by atoms with E-state index < -0.39 is 0 Å². The van der Waals surface area contributed by atoms with Crippen LogP contribution in [0.1, 0.15) is 66.0 Å². The van der Waals surface area contributed by atoms with E-state index >= 15 is 0 Å². The van der Waals surface area contributed by atoms with Crippen molar-refractivity contribution in [3.8, 4) is 0 Å². The molecule has 3 heterocycles. The van der Waals surface area contributed by atoms with E-state index in [4.69, 9.17) is 16.3 Å². The van der Waals surface area contributed by atoms with Crippen molar-refractivity contribution in [2.75, 3.05) is 6.61 Å². The number of rotatable bonds is 8. The highest BCUT2D eigenvalue weighted by molar-refractivity contribution is 7.18. The molecule has 0 saturated heterocycles. The maximum Gasteiger partial charge on any atom is 0.315 e. The van der Waals surface area contributed by atoms with Crippen LogP contribution in [0.3, 0.4) is 0 Å². The number of fused-ring (bicyclic) bond motifs is 1. The summed E-state index contributed by atoms with van der Waals surface area (Å²) in [6.45, 7) is 3.30. The zero-order valence-corrected chi connectivity index (χ0v) is 15.9. The van der Waals surface area contributed by atoms with Gasteiger partial charge in [-0.1, -0.05) is 37.8 Å². The molecule has 0 N–H and O–H groups in total. The van der Waals surface area contributed by atoms with Crippen LogP contribution in [0.4, 0.5) is 0 Å². The summed E-state index contributed by atoms with van der Waals surface area (Å²) in [5.41, 5.74) is 1.50. The third kappa shape index (κ3) is 3.98. The first-order chi connectivity index (χ1) is 12.1. The number of aromatic nitrogens is 1. The summed E-state index contributed by atoms with van der Waals surface area (Å²) in [4.78, 5) is 25.6. The number of carbonyl (C=O) groups is 2. The van der Waals surface area contributed by atoms with Gasteiger partial charge in [-0.05, 0) is 37.1 Å². The number of ketones is 1. The maximum absolute atomic E-state index is 12.6. The van der Waals surface area contributed by atoms with Gasteiger partial charge in [0.2, 0.25) is 5.78 Å². The van der Waals surface area contributed by atoms with E-state index in [1.807, 2.05) is 10.6 Å². The summed E-state index contributed by atoms with van der Waals surface area (Å²) in [5.74, 6) is -0.483. The van der Waals surface area contributed by atoms with E-state index in [0.717, 1.165) is 25.0 Å². The van der Waals surface area contributed by atoms with E-state index in [9.17, 15) is 9.59 Å². The van der Waals surface area contributed by atoms with Crippen LogP contribution in [0.15, 0.2) is 24.3 Å². The monoisotopic (exact) mass is 379 g/mol. The van der Waals surface area contributed by atoms with Crippen molar-refractivity contribution in [1.29, 1.82) is 0 Å². The number of carbonyl (C=O) groups excluding carboxylic acids is 2. The van der Waals surface area contributed by atoms with Crippen LogP contribution in [0, 0.1) is 0 Å². The van der Waals surface area contributed by atoms with Gasteiger partial charge in [0.05, 0.1) is 27.4 Å². The lowest BCUT2D eigenvalue weighted by Gasteiger charge is -2.09. The molecule has 0 radical (unpaired) electrons. The van der Waals surface area contributed by atoms with Crippen molar-refractivity contribution < 1.29 is 14.3 Å². The molecule has 25 heavy (non-hydrogen) atoms. The van der Waals surface area contributed by atoms with Gasteiger partial charge in [-0.2, -0.15) is 0 Å². The molecule has 134 valence electrons. The minimum absolute atomic E-state index is 0.0447. The van der Waals surface area contributed by atoms with Crippen LogP contribution >= 0.6 is 22.9 Å². The fraction of sp³-hybridized carbons (Fsp3) is 0.474. The number of nitrogens with zero attached hydrogens (tertiary/aromatic N) is 1. The smallest absolute Gasteiger partial charge is 0.315 e. The van der Waals surface area contributed by atoms with E-state index in [1.54, 1.807) is 18.2 Å². The third-order valence-electron chi connectivity index (χ3n) is 4.57. The predicted molar refractivity (Wildman–Crippen MR) is 99.7 cm³/mol. The zero-order valence-electron chi connectivity index (χ0n) is 14.3. The number of hydrogen-bond donors (Lipinski definition) is 0. The van der Waals surface area contributed by atoms with Gasteiger partial charge in [0.15, 0.2) is 0 Å². The Bertz CT molecular complexity index is 765. The molecule has 0 spiro atoms. The van der Waals surface area contributed by atoms with Crippen molar-refractivity contribution in [2.24, 2.45) is 0 Å². The van der Waals surface area contributed by atoms with E-state index in [0.29, 0.717) is 34.5 Å². The first-order valence-electron chi connectivity index (χ1n) is 8.78. The molecule has 6 heteroatoms. The predicted octanol–water partition coefficient (Wildman–Crippen LogP) is 5.04. The topological polar surface area (TPSA) is 48.3 Å². The number of esters is 1. The Morgan fingerprint density at radius 3 is 2.80 bits per heavy atom. The van der Waals surface area contributed by atoms with Gasteiger partial charge >= 0.3 is 5.97 Å². The lowest BCUT2D eigenvalue weighted by molar-refractivity contribution is -0.145. The van der Waals surface area contributed by atoms with Crippen molar-refractivity contribution in [1.82, 2.24) is 4.57 Å². The number of ether oxygens (including phenoxy) is 1. The van der Waals surface area contributed by atoms with Gasteiger partial charge in [0.25, 0.3) is 0 Å². The summed E-state index contributed by atoms with van der Waals surface area (Å²) in [6, 6.07) is 7.14. The minimum Gasteiger partial charge on any atom is -0.465 e. The van der Waals surface area contributed by atoms with E-state index in [2.05, 4.69) is 6.92 Å². The number of hydrogen-bond acceptors (Lipinski definition) is 4. The van der Waals surface area contributed by atoms with Gasteiger partial charge in [0.1, 0.15) is 0 Å². The fourth-order valence-electron chi connectivity index (χ4n) is 3.24. The summed E-state index contributed by atoms with van der Waals surface area (Å²) >= 11 is 7.20. The van der Waals surface area contributed by atoms with Crippen LogP contribution in [-0.4, -0.2) is 22.9 Å². The Hall–Kier alpha value is -1.59. The minimum atomic E-state index is -0.264. The summed E-state index contributed by atoms with van der Waals surface area (Å²) in [6.07, 6.45) is 5.02. The average Bonchev–Trinajstić information content (AvgIpc) is 3.29. The van der Waals surface area contributed by atoms with Gasteiger partial charge in [-0.3, -0.25) is 9.59 Å². The van der Waals surface area contributed by atoms with Crippen LogP contribution in [0.25, 0.3) is 0 Å². The molecule has 3 rings (SSSR count). The van der Waals surface area contributed by atoms with Crippen molar-refractivity contribution in [2.45, 2.75) is 51.5 Å². The second kappa shape index (κ2) is 8.19. The molecule has 1 aliphatic rings. The molecular formula is C19H22ClNO3S. The average molecular weight is 380 g/mol. The standard InChI is InChI=1S/C19H22ClNO3S/c1-2-3-4-5-12-24-19(23)13-10-11-21-14(13)6-7-15(21)18(22)16-8-9-17(20)25-16/h6-9,13H,2-5,10-12H2,1H3. The SMILES string of the molecule is CCCCCCOC(=O)C1CCn2c(C(=O)c3ccc(Cl)s3)ccc21. The number of thiophene rings is 1. The molecule has 0 aliphatic carbocycles. The van der Waals surface area contributed by atoms with Crippen LogP contribution in [0.5, 0.6) is 0 Å². The summed E-state index contributed by atoms with van der Waals surface area (Å²) < 4.78 is 7.98. The Balaban J connectivity index is 1.65. The van der Waals surface area contributed by atoms with Gasteiger partial charge in [-0.15, -0.1) is 11.3 Å². The number of halogens is 1. The second-order valence-corrected chi connectivity index (χ2v) is 8.01. The zero-order chi connectivity index (χ0) is 17.8. The highest BCUT2D eigenvalue weighted by atomic mass is 35.5. The molecule has 1 aliphatic heterocycles. The maximum atomic E-state index is 12.6. The fourth-order valence-corrected chi connectivity index (χ4v) is 4.24. The molecule has 2 aromatic heterocycles. The first kappa shape index (κ1) is 18.2. The summed E-state index contributed by atoms with van der Waals surface area (Å²) in [7, 11) is 0. The molecule has 0 saturated carbocycles. The normalized spacial score (nSPS) is 16.0. The molecule has 2 aromatic rings. The molecule has 0 fully saturated rings. The van der Waals surface area contributed by atoms with Gasteiger partial charge in [0, 0.05) is 12.2 Å². The highest BCUT2D eigenvalue weighted by Gasteiger charge is 2.33. The van der Waals surface area contributed by atoms with Gasteiger partial charge in [-0.25, -0.2) is 0 Å². The van der Waals surface area contributed by atoms with Crippen LogP contribution in [0.2, 0.25) is 4.34 Å². The lowest BCUT2D eigenvalue weighted by Crippen LogP contribution is -2.14. The molecule has 0 bridgehead atoms. The highest BCUT2D eigenvalue weighted by Crippen LogP contribution is 2.33. The first-order valence-corrected chi connectivity index (χ1v) is 9.97. The Morgan fingerprint density at radius 1 is 1.24 bits per heavy atom. The lowest BCUT2D eigenvalue weighted by atomic mass is 10.1. The molecule has 1 atom stereocenters.